The van der Waals surface area contributed by atoms with Crippen LogP contribution in [0.3, 0.4) is 0 Å². The average Bonchev–Trinajstić information content (AvgIpc) is 2.90. The maximum absolute atomic E-state index is 11.6. The van der Waals surface area contributed by atoms with Crippen LogP contribution in [0.2, 0.25) is 0 Å². The van der Waals surface area contributed by atoms with E-state index in [2.05, 4.69) is 10.5 Å². The average molecular weight is 244 g/mol. The molecule has 5 heteroatoms. The Balaban J connectivity index is 2.27. The fourth-order valence-corrected chi connectivity index (χ4v) is 1.88. The number of hydrogen-bond donors (Lipinski definition) is 2. The monoisotopic (exact) mass is 244 g/mol. The van der Waals surface area contributed by atoms with Crippen molar-refractivity contribution in [3.05, 3.63) is 42.7 Å². The number of hydrogen-bond acceptors (Lipinski definition) is 3. The Morgan fingerprint density at radius 1 is 1.39 bits per heavy atom. The zero-order chi connectivity index (χ0) is 13.0. The van der Waals surface area contributed by atoms with E-state index in [9.17, 15) is 4.79 Å². The highest BCUT2D eigenvalue weighted by Crippen LogP contribution is 2.20. The second-order valence-electron chi connectivity index (χ2n) is 4.01. The normalized spacial score (nSPS) is 12.1. The molecule has 0 aliphatic rings. The van der Waals surface area contributed by atoms with E-state index >= 15 is 0 Å². The van der Waals surface area contributed by atoms with Gasteiger partial charge in [-0.05, 0) is 12.0 Å². The van der Waals surface area contributed by atoms with Gasteiger partial charge < -0.3 is 0 Å². The summed E-state index contributed by atoms with van der Waals surface area (Å²) in [5.41, 5.74) is 4.22. The quantitative estimate of drug-likeness (QED) is 0.486. The van der Waals surface area contributed by atoms with E-state index < -0.39 is 0 Å². The van der Waals surface area contributed by atoms with Crippen LogP contribution in [-0.4, -0.2) is 15.7 Å². The number of nitrogens with two attached hydrogens (primary N) is 1. The van der Waals surface area contributed by atoms with E-state index in [4.69, 9.17) is 5.84 Å². The summed E-state index contributed by atoms with van der Waals surface area (Å²) in [6.45, 7) is 1.92. The molecule has 2 rings (SSSR count). The summed E-state index contributed by atoms with van der Waals surface area (Å²) >= 11 is 0. The highest BCUT2D eigenvalue weighted by Gasteiger charge is 2.18. The summed E-state index contributed by atoms with van der Waals surface area (Å²) < 4.78 is 1.64. The predicted octanol–water partition coefficient (Wildman–Crippen LogP) is 1.49. The lowest BCUT2D eigenvalue weighted by atomic mass is 10.1. The summed E-state index contributed by atoms with van der Waals surface area (Å²) in [7, 11) is 0. The highest BCUT2D eigenvalue weighted by molar-refractivity contribution is 5.79. The molecule has 1 unspecified atom stereocenters. The number of amides is 1. The van der Waals surface area contributed by atoms with Crippen molar-refractivity contribution in [1.82, 2.24) is 15.2 Å². The van der Waals surface area contributed by atoms with Crippen molar-refractivity contribution < 1.29 is 4.79 Å². The van der Waals surface area contributed by atoms with Crippen LogP contribution in [0.25, 0.3) is 11.1 Å². The number of nitrogens with zero attached hydrogens (tertiary/aromatic N) is 2. The Morgan fingerprint density at radius 3 is 2.72 bits per heavy atom. The van der Waals surface area contributed by atoms with Gasteiger partial charge in [0.25, 0.3) is 5.91 Å². The fraction of sp³-hybridized carbons (Fsp3) is 0.231. The third-order valence-corrected chi connectivity index (χ3v) is 2.86. The standard InChI is InChI=1S/C13H16N4O/c1-2-12(13(18)16-14)17-9-11(8-15-17)10-6-4-3-5-7-10/h3-9,12H,2,14H2,1H3,(H,16,18). The first-order valence-electron chi connectivity index (χ1n) is 5.86. The van der Waals surface area contributed by atoms with Gasteiger partial charge in [0.15, 0.2) is 0 Å². The molecule has 18 heavy (non-hydrogen) atoms. The van der Waals surface area contributed by atoms with Gasteiger partial charge in [0, 0.05) is 11.8 Å². The number of rotatable bonds is 4. The molecule has 0 fully saturated rings. The van der Waals surface area contributed by atoms with Crippen molar-refractivity contribution in [3.8, 4) is 11.1 Å². The van der Waals surface area contributed by atoms with Crippen LogP contribution < -0.4 is 11.3 Å². The summed E-state index contributed by atoms with van der Waals surface area (Å²) in [5.74, 6) is 4.93. The highest BCUT2D eigenvalue weighted by atomic mass is 16.2. The van der Waals surface area contributed by atoms with E-state index in [0.717, 1.165) is 11.1 Å². The lowest BCUT2D eigenvalue weighted by Gasteiger charge is -2.12. The molecule has 0 spiro atoms. The molecular formula is C13H16N4O. The molecule has 5 nitrogen and oxygen atoms in total. The molecule has 1 aromatic carbocycles. The first kappa shape index (κ1) is 12.3. The predicted molar refractivity (Wildman–Crippen MR) is 69.3 cm³/mol. The number of benzene rings is 1. The molecule has 0 radical (unpaired) electrons. The van der Waals surface area contributed by atoms with E-state index in [1.165, 1.54) is 0 Å². The molecule has 2 aromatic rings. The Labute approximate surface area is 106 Å². The van der Waals surface area contributed by atoms with Gasteiger partial charge in [0.1, 0.15) is 6.04 Å². The molecular weight excluding hydrogens is 228 g/mol. The maximum atomic E-state index is 11.6. The molecule has 0 bridgehead atoms. The van der Waals surface area contributed by atoms with Crippen molar-refractivity contribution in [2.24, 2.45) is 5.84 Å². The molecule has 0 saturated heterocycles. The molecule has 0 aliphatic carbocycles. The van der Waals surface area contributed by atoms with Crippen LogP contribution >= 0.6 is 0 Å². The summed E-state index contributed by atoms with van der Waals surface area (Å²) in [6, 6.07) is 9.54. The Morgan fingerprint density at radius 2 is 2.11 bits per heavy atom. The molecule has 1 heterocycles. The van der Waals surface area contributed by atoms with E-state index in [1.54, 1.807) is 10.9 Å². The summed E-state index contributed by atoms with van der Waals surface area (Å²) in [5, 5.41) is 4.23. The van der Waals surface area contributed by atoms with Gasteiger partial charge in [-0.1, -0.05) is 37.3 Å². The minimum absolute atomic E-state index is 0.236. The Bertz CT molecular complexity index is 521. The molecule has 0 aliphatic heterocycles. The molecule has 1 atom stereocenters. The second kappa shape index (κ2) is 5.46. The van der Waals surface area contributed by atoms with E-state index in [0.29, 0.717) is 6.42 Å². The number of carbonyl (C=O) groups excluding carboxylic acids is 1. The summed E-state index contributed by atoms with van der Waals surface area (Å²) in [4.78, 5) is 11.6. The van der Waals surface area contributed by atoms with Crippen LogP contribution in [0.5, 0.6) is 0 Å². The SMILES string of the molecule is CCC(C(=O)NN)n1cc(-c2ccccc2)cn1. The van der Waals surface area contributed by atoms with Crippen LogP contribution in [-0.2, 0) is 4.79 Å². The van der Waals surface area contributed by atoms with E-state index in [-0.39, 0.29) is 11.9 Å². The lowest BCUT2D eigenvalue weighted by Crippen LogP contribution is -2.37. The first-order valence-corrected chi connectivity index (χ1v) is 5.86. The smallest absolute Gasteiger partial charge is 0.258 e. The van der Waals surface area contributed by atoms with Gasteiger partial charge in [-0.25, -0.2) is 5.84 Å². The Kier molecular flexibility index (Phi) is 3.74. The molecule has 94 valence electrons. The van der Waals surface area contributed by atoms with Crippen molar-refractivity contribution in [3.63, 3.8) is 0 Å². The van der Waals surface area contributed by atoms with Gasteiger partial charge in [-0.3, -0.25) is 14.9 Å². The van der Waals surface area contributed by atoms with Crippen molar-refractivity contribution in [1.29, 1.82) is 0 Å². The lowest BCUT2D eigenvalue weighted by molar-refractivity contribution is -0.124. The maximum Gasteiger partial charge on any atom is 0.258 e. The van der Waals surface area contributed by atoms with Crippen LogP contribution in [0, 0.1) is 0 Å². The minimum atomic E-state index is -0.368. The van der Waals surface area contributed by atoms with Crippen molar-refractivity contribution in [2.75, 3.05) is 0 Å². The van der Waals surface area contributed by atoms with Crippen molar-refractivity contribution in [2.45, 2.75) is 19.4 Å². The number of carbonyl (C=O) groups is 1. The van der Waals surface area contributed by atoms with Crippen molar-refractivity contribution >= 4 is 5.91 Å². The number of hydrazine groups is 1. The molecule has 0 saturated carbocycles. The third-order valence-electron chi connectivity index (χ3n) is 2.86. The van der Waals surface area contributed by atoms with Crippen LogP contribution in [0.15, 0.2) is 42.7 Å². The topological polar surface area (TPSA) is 72.9 Å². The van der Waals surface area contributed by atoms with Gasteiger partial charge in [-0.2, -0.15) is 5.10 Å². The molecule has 1 amide bonds. The minimum Gasteiger partial charge on any atom is -0.292 e. The second-order valence-corrected chi connectivity index (χ2v) is 4.01. The zero-order valence-corrected chi connectivity index (χ0v) is 10.2. The van der Waals surface area contributed by atoms with Gasteiger partial charge in [-0.15, -0.1) is 0 Å². The van der Waals surface area contributed by atoms with Crippen LogP contribution in [0.4, 0.5) is 0 Å². The molecule has 3 N–H and O–H groups in total. The first-order chi connectivity index (χ1) is 8.76. The Hall–Kier alpha value is -2.14. The number of aromatic nitrogens is 2. The van der Waals surface area contributed by atoms with Gasteiger partial charge >= 0.3 is 0 Å². The zero-order valence-electron chi connectivity index (χ0n) is 10.2. The van der Waals surface area contributed by atoms with E-state index in [1.807, 2.05) is 43.5 Å². The third kappa shape index (κ3) is 2.41. The van der Waals surface area contributed by atoms with Gasteiger partial charge in [0.05, 0.1) is 6.20 Å². The van der Waals surface area contributed by atoms with Gasteiger partial charge in [0.2, 0.25) is 0 Å². The molecule has 1 aromatic heterocycles. The van der Waals surface area contributed by atoms with Crippen LogP contribution in [0.1, 0.15) is 19.4 Å². The fourth-order valence-electron chi connectivity index (χ4n) is 1.88. The largest absolute Gasteiger partial charge is 0.292 e. The summed E-state index contributed by atoms with van der Waals surface area (Å²) in [6.07, 6.45) is 4.25. The number of nitrogens with one attached hydrogen (secondary N) is 1.